The molecule has 3 fully saturated rings. The maximum atomic E-state index is 12.8. The van der Waals surface area contributed by atoms with Gasteiger partial charge < -0.3 is 19.9 Å². The second kappa shape index (κ2) is 7.32. The van der Waals surface area contributed by atoms with E-state index in [1.54, 1.807) is 11.6 Å². The van der Waals surface area contributed by atoms with Gasteiger partial charge in [-0.1, -0.05) is 12.1 Å². The van der Waals surface area contributed by atoms with E-state index >= 15 is 0 Å². The summed E-state index contributed by atoms with van der Waals surface area (Å²) in [4.78, 5) is 8.71. The molecule has 0 amide bonds. The van der Waals surface area contributed by atoms with Gasteiger partial charge in [-0.3, -0.25) is 0 Å². The molecular formula is C19H28N6O5S. The first kappa shape index (κ1) is 21.0. The number of hydrogen-bond donors (Lipinski definition) is 2. The quantitative estimate of drug-likeness (QED) is 0.585. The molecule has 2 aromatic heterocycles. The SMILES string of the molecule is CCCS(=O)(=O)c1nc(NC2CC2)c2nnn(C3CC(CO)C4OC(C)(C)OC43)c2n1. The summed E-state index contributed by atoms with van der Waals surface area (Å²) in [7, 11) is -3.64. The van der Waals surface area contributed by atoms with Crippen LogP contribution in [0.25, 0.3) is 11.2 Å². The molecule has 2 saturated carbocycles. The number of aliphatic hydroxyl groups is 1. The predicted octanol–water partition coefficient (Wildman–Crippen LogP) is 1.05. The lowest BCUT2D eigenvalue weighted by Gasteiger charge is -2.23. The molecule has 2 aliphatic carbocycles. The van der Waals surface area contributed by atoms with Gasteiger partial charge in [0.1, 0.15) is 6.10 Å². The Balaban J connectivity index is 1.61. The second-order valence-electron chi connectivity index (χ2n) is 9.11. The van der Waals surface area contributed by atoms with Crippen molar-refractivity contribution in [1.29, 1.82) is 0 Å². The van der Waals surface area contributed by atoms with Crippen molar-refractivity contribution in [3.8, 4) is 0 Å². The zero-order valence-electron chi connectivity index (χ0n) is 17.9. The fourth-order valence-electron chi connectivity index (χ4n) is 4.53. The van der Waals surface area contributed by atoms with E-state index in [0.29, 0.717) is 29.8 Å². The van der Waals surface area contributed by atoms with E-state index < -0.39 is 15.6 Å². The Labute approximate surface area is 180 Å². The first-order chi connectivity index (χ1) is 14.7. The lowest BCUT2D eigenvalue weighted by molar-refractivity contribution is -0.162. The zero-order chi connectivity index (χ0) is 22.0. The topological polar surface area (TPSA) is 141 Å². The molecule has 2 N–H and O–H groups in total. The van der Waals surface area contributed by atoms with Crippen molar-refractivity contribution in [2.24, 2.45) is 5.92 Å². The van der Waals surface area contributed by atoms with E-state index in [-0.39, 0.29) is 47.7 Å². The van der Waals surface area contributed by atoms with Crippen LogP contribution in [0.1, 0.15) is 52.5 Å². The molecule has 5 rings (SSSR count). The third kappa shape index (κ3) is 3.69. The number of hydrogen-bond acceptors (Lipinski definition) is 10. The first-order valence-corrected chi connectivity index (χ1v) is 12.5. The van der Waals surface area contributed by atoms with E-state index in [0.717, 1.165) is 12.8 Å². The summed E-state index contributed by atoms with van der Waals surface area (Å²) >= 11 is 0. The summed E-state index contributed by atoms with van der Waals surface area (Å²) in [5.41, 5.74) is 0.785. The van der Waals surface area contributed by atoms with Crippen LogP contribution < -0.4 is 5.32 Å². The van der Waals surface area contributed by atoms with Crippen LogP contribution in [-0.2, 0) is 19.3 Å². The maximum Gasteiger partial charge on any atom is 0.251 e. The summed E-state index contributed by atoms with van der Waals surface area (Å²) in [6, 6.07) is -0.0358. The summed E-state index contributed by atoms with van der Waals surface area (Å²) in [5, 5.41) is 21.5. The van der Waals surface area contributed by atoms with Crippen LogP contribution in [0.3, 0.4) is 0 Å². The van der Waals surface area contributed by atoms with Crippen molar-refractivity contribution < 1.29 is 23.0 Å². The summed E-state index contributed by atoms with van der Waals surface area (Å²) in [5.74, 6) is -0.536. The molecule has 12 heteroatoms. The van der Waals surface area contributed by atoms with Crippen molar-refractivity contribution in [3.05, 3.63) is 0 Å². The van der Waals surface area contributed by atoms with Crippen molar-refractivity contribution in [2.75, 3.05) is 17.7 Å². The van der Waals surface area contributed by atoms with Gasteiger partial charge >= 0.3 is 0 Å². The van der Waals surface area contributed by atoms with Crippen LogP contribution in [0.15, 0.2) is 5.16 Å². The fraction of sp³-hybridized carbons (Fsp3) is 0.789. The second-order valence-corrected chi connectivity index (χ2v) is 11.1. The molecule has 2 aromatic rings. The van der Waals surface area contributed by atoms with Crippen LogP contribution in [-0.4, -0.2) is 74.9 Å². The van der Waals surface area contributed by atoms with Crippen LogP contribution in [0.5, 0.6) is 0 Å². The van der Waals surface area contributed by atoms with Crippen LogP contribution in [0, 0.1) is 5.92 Å². The van der Waals surface area contributed by atoms with Gasteiger partial charge in [-0.2, -0.15) is 9.97 Å². The largest absolute Gasteiger partial charge is 0.396 e. The average Bonchev–Trinajstić information content (AvgIpc) is 3.18. The number of anilines is 1. The van der Waals surface area contributed by atoms with Gasteiger partial charge in [0, 0.05) is 18.6 Å². The fourth-order valence-corrected chi connectivity index (χ4v) is 5.71. The van der Waals surface area contributed by atoms with Gasteiger partial charge in [0.2, 0.25) is 9.84 Å². The third-order valence-corrected chi connectivity index (χ3v) is 7.76. The molecule has 0 spiro atoms. The highest BCUT2D eigenvalue weighted by atomic mass is 32.2. The molecular weight excluding hydrogens is 424 g/mol. The van der Waals surface area contributed by atoms with Crippen LogP contribution >= 0.6 is 0 Å². The first-order valence-electron chi connectivity index (χ1n) is 10.8. The summed E-state index contributed by atoms with van der Waals surface area (Å²) in [6.07, 6.45) is 2.41. The molecule has 0 aromatic carbocycles. The van der Waals surface area contributed by atoms with Crippen molar-refractivity contribution in [1.82, 2.24) is 25.0 Å². The van der Waals surface area contributed by atoms with E-state index in [9.17, 15) is 13.5 Å². The molecule has 11 nitrogen and oxygen atoms in total. The number of aromatic nitrogens is 5. The molecule has 1 aliphatic heterocycles. The lowest BCUT2D eigenvalue weighted by atomic mass is 10.1. The predicted molar refractivity (Wildman–Crippen MR) is 110 cm³/mol. The molecule has 0 bridgehead atoms. The molecule has 4 atom stereocenters. The van der Waals surface area contributed by atoms with Crippen molar-refractivity contribution in [2.45, 2.75) is 81.7 Å². The molecule has 31 heavy (non-hydrogen) atoms. The van der Waals surface area contributed by atoms with Gasteiger partial charge in [0.05, 0.1) is 17.9 Å². The number of nitrogens with one attached hydrogen (secondary N) is 1. The van der Waals surface area contributed by atoms with E-state index in [1.165, 1.54) is 0 Å². The Bertz CT molecular complexity index is 1100. The van der Waals surface area contributed by atoms with Crippen molar-refractivity contribution in [3.63, 3.8) is 0 Å². The van der Waals surface area contributed by atoms with E-state index in [4.69, 9.17) is 9.47 Å². The molecule has 3 heterocycles. The highest BCUT2D eigenvalue weighted by Gasteiger charge is 2.55. The summed E-state index contributed by atoms with van der Waals surface area (Å²) < 4.78 is 39.3. The minimum Gasteiger partial charge on any atom is -0.396 e. The molecule has 170 valence electrons. The Hall–Kier alpha value is -1.89. The standard InChI is InChI=1S/C19H28N6O5S/c1-4-7-31(27,28)18-21-16(20-11-5-6-11)13-17(22-18)25(24-23-13)12-8-10(9-26)14-15(12)30-19(2,3)29-14/h10-12,14-15,26H,4-9H2,1-3H3,(H,20,21,22). The van der Waals surface area contributed by atoms with E-state index in [2.05, 4.69) is 25.6 Å². The Morgan fingerprint density at radius 3 is 2.65 bits per heavy atom. The Morgan fingerprint density at radius 2 is 1.97 bits per heavy atom. The monoisotopic (exact) mass is 452 g/mol. The molecule has 3 aliphatic rings. The van der Waals surface area contributed by atoms with Crippen LogP contribution in [0.4, 0.5) is 5.82 Å². The van der Waals surface area contributed by atoms with Gasteiger partial charge in [-0.15, -0.1) is 5.10 Å². The highest BCUT2D eigenvalue weighted by Crippen LogP contribution is 2.47. The lowest BCUT2D eigenvalue weighted by Crippen LogP contribution is -2.28. The number of aliphatic hydroxyl groups excluding tert-OH is 1. The zero-order valence-corrected chi connectivity index (χ0v) is 18.7. The number of rotatable bonds is 7. The highest BCUT2D eigenvalue weighted by molar-refractivity contribution is 7.91. The maximum absolute atomic E-state index is 12.8. The number of nitrogens with zero attached hydrogens (tertiary/aromatic N) is 5. The van der Waals surface area contributed by atoms with Gasteiger partial charge in [-0.05, 0) is 39.5 Å². The number of fused-ring (bicyclic) bond motifs is 2. The number of ether oxygens (including phenoxy) is 2. The normalized spacial score (nSPS) is 30.1. The minimum absolute atomic E-state index is 0.0329. The van der Waals surface area contributed by atoms with E-state index in [1.807, 2.05) is 13.8 Å². The average molecular weight is 453 g/mol. The van der Waals surface area contributed by atoms with Crippen molar-refractivity contribution >= 4 is 26.8 Å². The Morgan fingerprint density at radius 1 is 1.23 bits per heavy atom. The van der Waals surface area contributed by atoms with Gasteiger partial charge in [0.25, 0.3) is 5.16 Å². The smallest absolute Gasteiger partial charge is 0.251 e. The summed E-state index contributed by atoms with van der Waals surface area (Å²) in [6.45, 7) is 5.44. The Kier molecular flexibility index (Phi) is 4.96. The minimum atomic E-state index is -3.64. The number of sulfone groups is 1. The van der Waals surface area contributed by atoms with Gasteiger partial charge in [-0.25, -0.2) is 13.1 Å². The molecule has 1 saturated heterocycles. The molecule has 0 radical (unpaired) electrons. The van der Waals surface area contributed by atoms with Gasteiger partial charge in [0.15, 0.2) is 22.8 Å². The molecule has 4 unspecified atom stereocenters. The van der Waals surface area contributed by atoms with Crippen LogP contribution in [0.2, 0.25) is 0 Å². The third-order valence-electron chi connectivity index (χ3n) is 6.07.